The van der Waals surface area contributed by atoms with Crippen LogP contribution in [0, 0.1) is 0 Å². The van der Waals surface area contributed by atoms with E-state index in [0.717, 1.165) is 23.4 Å². The molecule has 2 aromatic rings. The number of rotatable bonds is 4. The molecule has 0 radical (unpaired) electrons. The zero-order valence-corrected chi connectivity index (χ0v) is 15.5. The minimum atomic E-state index is -0.281. The Morgan fingerprint density at radius 3 is 2.68 bits per heavy atom. The summed E-state index contributed by atoms with van der Waals surface area (Å²) in [6.07, 6.45) is 0.943. The van der Waals surface area contributed by atoms with Crippen molar-refractivity contribution >= 4 is 28.9 Å². The van der Waals surface area contributed by atoms with Crippen LogP contribution in [0.1, 0.15) is 42.2 Å². The summed E-state index contributed by atoms with van der Waals surface area (Å²) < 4.78 is 5.15. The van der Waals surface area contributed by atoms with E-state index in [2.05, 4.69) is 24.2 Å². The lowest BCUT2D eigenvalue weighted by atomic mass is 9.90. The van der Waals surface area contributed by atoms with E-state index < -0.39 is 0 Å². The molecule has 1 heterocycles. The van der Waals surface area contributed by atoms with Crippen LogP contribution in [0.15, 0.2) is 42.5 Å². The minimum Gasteiger partial charge on any atom is -0.462 e. The smallest absolute Gasteiger partial charge is 0.338 e. The van der Waals surface area contributed by atoms with Gasteiger partial charge in [0, 0.05) is 29.5 Å². The van der Waals surface area contributed by atoms with Gasteiger partial charge in [0.15, 0.2) is 0 Å². The molecule has 0 fully saturated rings. The monoisotopic (exact) mass is 358 g/mol. The maximum Gasteiger partial charge on any atom is 0.338 e. The summed E-state index contributed by atoms with van der Waals surface area (Å²) >= 11 is 5.98. The summed E-state index contributed by atoms with van der Waals surface area (Å²) in [6, 6.07) is 14.0. The van der Waals surface area contributed by atoms with Gasteiger partial charge < -0.3 is 15.0 Å². The molecule has 132 valence electrons. The predicted octanol–water partition coefficient (Wildman–Crippen LogP) is 4.90. The number of nitrogens with one attached hydrogen (secondary N) is 1. The van der Waals surface area contributed by atoms with Gasteiger partial charge in [-0.05, 0) is 68.3 Å². The van der Waals surface area contributed by atoms with Crippen LogP contribution in [0.25, 0.3) is 0 Å². The first-order chi connectivity index (χ1) is 12.0. The molecule has 1 N–H and O–H groups in total. The number of anilines is 2. The van der Waals surface area contributed by atoms with Gasteiger partial charge in [-0.3, -0.25) is 0 Å². The van der Waals surface area contributed by atoms with Crippen LogP contribution in [-0.2, 0) is 4.74 Å². The SMILES string of the molecule is CCOC(=O)c1ccc2c(c1)C(Nc1ccc(Cl)cc1)CC(C)N2C. The lowest BCUT2D eigenvalue weighted by Gasteiger charge is -2.39. The topological polar surface area (TPSA) is 41.6 Å². The number of carbonyl (C=O) groups excluding carboxylic acids is 1. The number of fused-ring (bicyclic) bond motifs is 1. The fraction of sp³-hybridized carbons (Fsp3) is 0.350. The van der Waals surface area contributed by atoms with E-state index in [9.17, 15) is 4.79 Å². The van der Waals surface area contributed by atoms with Crippen molar-refractivity contribution in [3.63, 3.8) is 0 Å². The highest BCUT2D eigenvalue weighted by Crippen LogP contribution is 2.38. The summed E-state index contributed by atoms with van der Waals surface area (Å²) in [5.41, 5.74) is 3.85. The van der Waals surface area contributed by atoms with Crippen LogP contribution in [0.2, 0.25) is 5.02 Å². The summed E-state index contributed by atoms with van der Waals surface area (Å²) in [4.78, 5) is 14.4. The Kier molecular flexibility index (Phi) is 5.19. The molecule has 2 unspecified atom stereocenters. The van der Waals surface area contributed by atoms with Crippen molar-refractivity contribution in [1.29, 1.82) is 0 Å². The zero-order chi connectivity index (χ0) is 18.0. The van der Waals surface area contributed by atoms with Gasteiger partial charge >= 0.3 is 5.97 Å². The minimum absolute atomic E-state index is 0.122. The molecule has 1 aliphatic rings. The highest BCUT2D eigenvalue weighted by Gasteiger charge is 2.29. The third-order valence-corrected chi connectivity index (χ3v) is 4.97. The number of ether oxygens (including phenoxy) is 1. The number of hydrogen-bond donors (Lipinski definition) is 1. The molecular formula is C20H23ClN2O2. The van der Waals surface area contributed by atoms with Gasteiger partial charge in [0.05, 0.1) is 18.2 Å². The van der Waals surface area contributed by atoms with E-state index in [1.54, 1.807) is 0 Å². The molecule has 2 aromatic carbocycles. The van der Waals surface area contributed by atoms with Gasteiger partial charge in [-0.1, -0.05) is 11.6 Å². The standard InChI is InChI=1S/C20H23ClN2O2/c1-4-25-20(24)14-5-10-19-17(12-14)18(11-13(2)23(19)3)22-16-8-6-15(21)7-9-16/h5-10,12-13,18,22H,4,11H2,1-3H3. The van der Waals surface area contributed by atoms with Crippen LogP contribution in [0.4, 0.5) is 11.4 Å². The van der Waals surface area contributed by atoms with E-state index >= 15 is 0 Å². The van der Waals surface area contributed by atoms with Crippen LogP contribution < -0.4 is 10.2 Å². The van der Waals surface area contributed by atoms with Gasteiger partial charge in [-0.25, -0.2) is 4.79 Å². The number of halogens is 1. The summed E-state index contributed by atoms with van der Waals surface area (Å²) in [5.74, 6) is -0.281. The van der Waals surface area contributed by atoms with Crippen molar-refractivity contribution in [2.75, 3.05) is 23.9 Å². The van der Waals surface area contributed by atoms with Crippen LogP contribution in [-0.4, -0.2) is 25.7 Å². The average molecular weight is 359 g/mol. The Morgan fingerprint density at radius 2 is 2.00 bits per heavy atom. The van der Waals surface area contributed by atoms with Gasteiger partial charge in [-0.2, -0.15) is 0 Å². The van der Waals surface area contributed by atoms with E-state index in [0.29, 0.717) is 23.2 Å². The predicted molar refractivity (Wildman–Crippen MR) is 103 cm³/mol. The normalized spacial score (nSPS) is 19.3. The van der Waals surface area contributed by atoms with Gasteiger partial charge in [0.1, 0.15) is 0 Å². The summed E-state index contributed by atoms with van der Waals surface area (Å²) in [6.45, 7) is 4.40. The Labute approximate surface area is 153 Å². The van der Waals surface area contributed by atoms with Crippen molar-refractivity contribution in [1.82, 2.24) is 0 Å². The molecule has 0 aromatic heterocycles. The average Bonchev–Trinajstić information content (AvgIpc) is 2.61. The Bertz CT molecular complexity index is 761. The molecule has 5 heteroatoms. The molecule has 2 atom stereocenters. The number of carbonyl (C=O) groups is 1. The third kappa shape index (κ3) is 3.74. The maximum atomic E-state index is 12.1. The quantitative estimate of drug-likeness (QED) is 0.789. The Balaban J connectivity index is 1.94. The first-order valence-electron chi connectivity index (χ1n) is 8.55. The van der Waals surface area contributed by atoms with E-state index in [1.165, 1.54) is 0 Å². The van der Waals surface area contributed by atoms with Gasteiger partial charge in [0.2, 0.25) is 0 Å². The number of hydrogen-bond acceptors (Lipinski definition) is 4. The van der Waals surface area contributed by atoms with Crippen LogP contribution in [0.3, 0.4) is 0 Å². The number of nitrogens with zero attached hydrogens (tertiary/aromatic N) is 1. The second kappa shape index (κ2) is 7.36. The fourth-order valence-electron chi connectivity index (χ4n) is 3.24. The second-order valence-electron chi connectivity index (χ2n) is 6.39. The van der Waals surface area contributed by atoms with E-state index in [1.807, 2.05) is 49.4 Å². The Hall–Kier alpha value is -2.20. The Morgan fingerprint density at radius 1 is 1.28 bits per heavy atom. The first-order valence-corrected chi connectivity index (χ1v) is 8.93. The fourth-order valence-corrected chi connectivity index (χ4v) is 3.37. The molecule has 0 spiro atoms. The molecule has 0 amide bonds. The molecule has 1 aliphatic heterocycles. The molecule has 0 saturated carbocycles. The number of benzene rings is 2. The lowest BCUT2D eigenvalue weighted by Crippen LogP contribution is -2.37. The highest BCUT2D eigenvalue weighted by atomic mass is 35.5. The van der Waals surface area contributed by atoms with Crippen LogP contribution in [0.5, 0.6) is 0 Å². The summed E-state index contributed by atoms with van der Waals surface area (Å²) in [5, 5.41) is 4.29. The van der Waals surface area contributed by atoms with Crippen molar-refractivity contribution in [2.45, 2.75) is 32.4 Å². The largest absolute Gasteiger partial charge is 0.462 e. The molecule has 4 nitrogen and oxygen atoms in total. The zero-order valence-electron chi connectivity index (χ0n) is 14.8. The highest BCUT2D eigenvalue weighted by molar-refractivity contribution is 6.30. The van der Waals surface area contributed by atoms with Crippen LogP contribution >= 0.6 is 11.6 Å². The molecule has 3 rings (SSSR count). The summed E-state index contributed by atoms with van der Waals surface area (Å²) in [7, 11) is 2.09. The van der Waals surface area contributed by atoms with E-state index in [-0.39, 0.29) is 12.0 Å². The molecule has 0 bridgehead atoms. The second-order valence-corrected chi connectivity index (χ2v) is 6.83. The molecule has 25 heavy (non-hydrogen) atoms. The molecular weight excluding hydrogens is 336 g/mol. The van der Waals surface area contributed by atoms with Crippen molar-refractivity contribution < 1.29 is 9.53 Å². The lowest BCUT2D eigenvalue weighted by molar-refractivity contribution is 0.0526. The third-order valence-electron chi connectivity index (χ3n) is 4.72. The van der Waals surface area contributed by atoms with E-state index in [4.69, 9.17) is 16.3 Å². The van der Waals surface area contributed by atoms with Crippen molar-refractivity contribution in [3.05, 3.63) is 58.6 Å². The first kappa shape index (κ1) is 17.6. The van der Waals surface area contributed by atoms with Gasteiger partial charge in [-0.15, -0.1) is 0 Å². The number of esters is 1. The van der Waals surface area contributed by atoms with Crippen molar-refractivity contribution in [3.8, 4) is 0 Å². The van der Waals surface area contributed by atoms with Crippen molar-refractivity contribution in [2.24, 2.45) is 0 Å². The molecule has 0 saturated heterocycles. The maximum absolute atomic E-state index is 12.1. The molecule has 0 aliphatic carbocycles. The van der Waals surface area contributed by atoms with Gasteiger partial charge in [0.25, 0.3) is 0 Å².